The van der Waals surface area contributed by atoms with Crippen LogP contribution < -0.4 is 10.6 Å². The molecule has 0 aliphatic rings. The van der Waals surface area contributed by atoms with E-state index in [9.17, 15) is 0 Å². The lowest BCUT2D eigenvalue weighted by molar-refractivity contribution is 0.934. The third-order valence-electron chi connectivity index (χ3n) is 2.52. The van der Waals surface area contributed by atoms with Gasteiger partial charge in [0, 0.05) is 11.1 Å². The largest absolute Gasteiger partial charge is 0.374 e. The second kappa shape index (κ2) is 7.35. The number of nitrogens with zero attached hydrogens (tertiary/aromatic N) is 2. The van der Waals surface area contributed by atoms with Crippen molar-refractivity contribution >= 4 is 29.9 Å². The van der Waals surface area contributed by atoms with Crippen LogP contribution in [0.25, 0.3) is 0 Å². The van der Waals surface area contributed by atoms with Crippen molar-refractivity contribution in [3.8, 4) is 0 Å². The van der Waals surface area contributed by atoms with Crippen LogP contribution >= 0.6 is 11.8 Å². The molecule has 0 radical (unpaired) electrons. The SMILES string of the molecule is C=CNCNc1ccc(Sc2ccccn2)cc1N=C. The van der Waals surface area contributed by atoms with Crippen LogP contribution in [-0.4, -0.2) is 18.4 Å². The monoisotopic (exact) mass is 284 g/mol. The summed E-state index contributed by atoms with van der Waals surface area (Å²) in [6, 6.07) is 11.9. The van der Waals surface area contributed by atoms with Gasteiger partial charge in [-0.3, -0.25) is 4.99 Å². The predicted octanol–water partition coefficient (Wildman–Crippen LogP) is 3.67. The van der Waals surface area contributed by atoms with Crippen molar-refractivity contribution in [2.24, 2.45) is 4.99 Å². The highest BCUT2D eigenvalue weighted by molar-refractivity contribution is 7.99. The molecule has 1 heterocycles. The van der Waals surface area contributed by atoms with Gasteiger partial charge in [0.1, 0.15) is 5.03 Å². The summed E-state index contributed by atoms with van der Waals surface area (Å²) in [5, 5.41) is 7.15. The summed E-state index contributed by atoms with van der Waals surface area (Å²) in [6.07, 6.45) is 3.42. The first-order chi connectivity index (χ1) is 9.83. The Kier molecular flexibility index (Phi) is 5.20. The van der Waals surface area contributed by atoms with E-state index in [-0.39, 0.29) is 0 Å². The zero-order chi connectivity index (χ0) is 14.2. The van der Waals surface area contributed by atoms with Crippen molar-refractivity contribution < 1.29 is 0 Å². The summed E-state index contributed by atoms with van der Waals surface area (Å²) < 4.78 is 0. The van der Waals surface area contributed by atoms with Crippen LogP contribution in [-0.2, 0) is 0 Å². The molecule has 2 aromatic rings. The van der Waals surface area contributed by atoms with E-state index in [4.69, 9.17) is 0 Å². The third kappa shape index (κ3) is 3.86. The lowest BCUT2D eigenvalue weighted by atomic mass is 10.2. The van der Waals surface area contributed by atoms with Gasteiger partial charge in [-0.25, -0.2) is 4.98 Å². The van der Waals surface area contributed by atoms with Crippen LogP contribution in [0.15, 0.2) is 70.3 Å². The number of hydrogen-bond acceptors (Lipinski definition) is 5. The molecule has 1 aromatic carbocycles. The van der Waals surface area contributed by atoms with Gasteiger partial charge in [0.05, 0.1) is 18.0 Å². The summed E-state index contributed by atoms with van der Waals surface area (Å²) in [7, 11) is 0. The summed E-state index contributed by atoms with van der Waals surface area (Å²) in [4.78, 5) is 9.42. The van der Waals surface area contributed by atoms with Gasteiger partial charge in [-0.1, -0.05) is 24.4 Å². The van der Waals surface area contributed by atoms with Gasteiger partial charge in [-0.2, -0.15) is 0 Å². The van der Waals surface area contributed by atoms with E-state index < -0.39 is 0 Å². The van der Waals surface area contributed by atoms with E-state index >= 15 is 0 Å². The maximum atomic E-state index is 4.29. The van der Waals surface area contributed by atoms with Gasteiger partial charge >= 0.3 is 0 Å². The van der Waals surface area contributed by atoms with Crippen LogP contribution in [0.3, 0.4) is 0 Å². The van der Waals surface area contributed by atoms with Crippen LogP contribution in [0, 0.1) is 0 Å². The number of anilines is 1. The fraction of sp³-hybridized carbons (Fsp3) is 0.0667. The second-order valence-corrected chi connectivity index (χ2v) is 4.96. The Bertz CT molecular complexity index is 584. The lowest BCUT2D eigenvalue weighted by Crippen LogP contribution is -2.15. The minimum absolute atomic E-state index is 0.596. The first kappa shape index (κ1) is 14.1. The minimum atomic E-state index is 0.596. The molecule has 0 aliphatic carbocycles. The summed E-state index contributed by atoms with van der Waals surface area (Å²) in [6.45, 7) is 7.81. The molecule has 20 heavy (non-hydrogen) atoms. The Labute approximate surface area is 123 Å². The van der Waals surface area contributed by atoms with Gasteiger partial charge < -0.3 is 10.6 Å². The van der Waals surface area contributed by atoms with E-state index in [1.807, 2.05) is 36.4 Å². The zero-order valence-corrected chi connectivity index (χ0v) is 11.9. The molecule has 1 aromatic heterocycles. The Hall–Kier alpha value is -2.27. The molecule has 5 heteroatoms. The van der Waals surface area contributed by atoms with Gasteiger partial charge in [0.2, 0.25) is 0 Å². The standard InChI is InChI=1S/C15H16N4S/c1-3-17-11-19-13-8-7-12(10-14(13)16-2)20-15-6-4-5-9-18-15/h3-10,17,19H,1-2,11H2. The summed E-state index contributed by atoms with van der Waals surface area (Å²) >= 11 is 1.60. The molecule has 2 N–H and O–H groups in total. The van der Waals surface area contributed by atoms with Crippen molar-refractivity contribution in [2.75, 3.05) is 12.0 Å². The first-order valence-electron chi connectivity index (χ1n) is 6.11. The number of nitrogens with one attached hydrogen (secondary N) is 2. The van der Waals surface area contributed by atoms with Crippen LogP contribution in [0.1, 0.15) is 0 Å². The molecule has 0 fully saturated rings. The van der Waals surface area contributed by atoms with E-state index in [2.05, 4.69) is 33.9 Å². The Morgan fingerprint density at radius 3 is 2.90 bits per heavy atom. The van der Waals surface area contributed by atoms with Gasteiger partial charge in [-0.05, 0) is 43.2 Å². The van der Waals surface area contributed by atoms with Crippen molar-refractivity contribution in [1.29, 1.82) is 0 Å². The fourth-order valence-corrected chi connectivity index (χ4v) is 2.41. The normalized spacial score (nSPS) is 9.80. The molecule has 0 unspecified atom stereocenters. The maximum absolute atomic E-state index is 4.29. The molecular formula is C15H16N4S. The summed E-state index contributed by atoms with van der Waals surface area (Å²) in [5.74, 6) is 0. The molecule has 0 amide bonds. The molecular weight excluding hydrogens is 268 g/mol. The highest BCUT2D eigenvalue weighted by Crippen LogP contribution is 2.33. The van der Waals surface area contributed by atoms with Crippen LogP contribution in [0.2, 0.25) is 0 Å². The fourth-order valence-electron chi connectivity index (χ4n) is 1.60. The number of aliphatic imine (C=N–C) groups is 1. The molecule has 0 bridgehead atoms. The van der Waals surface area contributed by atoms with Crippen molar-refractivity contribution in [1.82, 2.24) is 10.3 Å². The third-order valence-corrected chi connectivity index (χ3v) is 3.47. The Balaban J connectivity index is 2.12. The predicted molar refractivity (Wildman–Crippen MR) is 85.8 cm³/mol. The average Bonchev–Trinajstić information content (AvgIpc) is 2.50. The van der Waals surface area contributed by atoms with E-state index in [1.165, 1.54) is 0 Å². The molecule has 0 spiro atoms. The summed E-state index contributed by atoms with van der Waals surface area (Å²) in [5.41, 5.74) is 1.75. The van der Waals surface area contributed by atoms with Crippen molar-refractivity contribution in [2.45, 2.75) is 9.92 Å². The second-order valence-electron chi connectivity index (χ2n) is 3.87. The smallest absolute Gasteiger partial charge is 0.101 e. The minimum Gasteiger partial charge on any atom is -0.374 e. The molecule has 102 valence electrons. The number of benzene rings is 1. The maximum Gasteiger partial charge on any atom is 0.101 e. The van der Waals surface area contributed by atoms with Crippen LogP contribution in [0.4, 0.5) is 11.4 Å². The van der Waals surface area contributed by atoms with E-state index in [1.54, 1.807) is 24.2 Å². The highest BCUT2D eigenvalue weighted by Gasteiger charge is 2.04. The number of hydrogen-bond donors (Lipinski definition) is 2. The zero-order valence-electron chi connectivity index (χ0n) is 11.0. The highest BCUT2D eigenvalue weighted by atomic mass is 32.2. The molecule has 0 saturated carbocycles. The van der Waals surface area contributed by atoms with E-state index in [0.717, 1.165) is 21.3 Å². The molecule has 2 rings (SSSR count). The number of aromatic nitrogens is 1. The molecule has 4 nitrogen and oxygen atoms in total. The van der Waals surface area contributed by atoms with Crippen molar-refractivity contribution in [3.63, 3.8) is 0 Å². The average molecular weight is 284 g/mol. The Morgan fingerprint density at radius 1 is 1.30 bits per heavy atom. The lowest BCUT2D eigenvalue weighted by Gasteiger charge is -2.10. The topological polar surface area (TPSA) is 49.3 Å². The van der Waals surface area contributed by atoms with Gasteiger partial charge in [-0.15, -0.1) is 0 Å². The molecule has 0 aliphatic heterocycles. The number of pyridine rings is 1. The number of rotatable bonds is 7. The molecule has 0 atom stereocenters. The van der Waals surface area contributed by atoms with Gasteiger partial charge in [0.25, 0.3) is 0 Å². The van der Waals surface area contributed by atoms with Crippen molar-refractivity contribution in [3.05, 3.63) is 55.4 Å². The van der Waals surface area contributed by atoms with Gasteiger partial charge in [0.15, 0.2) is 0 Å². The Morgan fingerprint density at radius 2 is 2.20 bits per heavy atom. The molecule has 0 saturated heterocycles. The van der Waals surface area contributed by atoms with Crippen LogP contribution in [0.5, 0.6) is 0 Å². The first-order valence-corrected chi connectivity index (χ1v) is 6.93. The quantitative estimate of drug-likeness (QED) is 0.463. The van der Waals surface area contributed by atoms with E-state index in [0.29, 0.717) is 6.67 Å².